The average Bonchev–Trinajstić information content (AvgIpc) is 2.78. The van der Waals surface area contributed by atoms with Gasteiger partial charge in [0.1, 0.15) is 0 Å². The van der Waals surface area contributed by atoms with Crippen LogP contribution in [0.2, 0.25) is 0 Å². The van der Waals surface area contributed by atoms with E-state index in [2.05, 4.69) is 5.10 Å². The van der Waals surface area contributed by atoms with E-state index in [0.717, 1.165) is 12.3 Å². The van der Waals surface area contributed by atoms with Gasteiger partial charge in [0, 0.05) is 6.07 Å². The molecule has 0 aliphatic rings. The van der Waals surface area contributed by atoms with Crippen LogP contribution >= 0.6 is 0 Å². The van der Waals surface area contributed by atoms with Crippen molar-refractivity contribution in [1.29, 1.82) is 0 Å². The third kappa shape index (κ3) is 2.70. The average molecular weight is 276 g/mol. The van der Waals surface area contributed by atoms with Crippen LogP contribution in [0, 0.1) is 0 Å². The fourth-order valence-electron chi connectivity index (χ4n) is 1.20. The van der Waals surface area contributed by atoms with Gasteiger partial charge in [-0.2, -0.15) is 5.10 Å². The van der Waals surface area contributed by atoms with Crippen molar-refractivity contribution in [3.63, 3.8) is 0 Å². The van der Waals surface area contributed by atoms with Gasteiger partial charge in [0.25, 0.3) is 0 Å². The number of aromatic nitrogens is 2. The molecule has 4 nitrogen and oxygen atoms in total. The molecule has 96 valence electrons. The summed E-state index contributed by atoms with van der Waals surface area (Å²) in [5.74, 6) is -0.621. The number of nitrogens with zero attached hydrogens (tertiary/aromatic N) is 2. The molecule has 0 saturated heterocycles. The summed E-state index contributed by atoms with van der Waals surface area (Å²) in [5, 5.41) is 3.07. The Morgan fingerprint density at radius 3 is 2.44 bits per heavy atom. The van der Waals surface area contributed by atoms with Crippen LogP contribution in [0.5, 0.6) is 5.88 Å². The Kier molecular flexibility index (Phi) is 3.37. The number of alkyl halides is 3. The Morgan fingerprint density at radius 1 is 1.17 bits per heavy atom. The lowest BCUT2D eigenvalue weighted by Gasteiger charge is -2.10. The molecule has 1 heterocycles. The summed E-state index contributed by atoms with van der Waals surface area (Å²) < 4.78 is 53.5. The molecule has 1 atom stereocenters. The van der Waals surface area contributed by atoms with Gasteiger partial charge >= 0.3 is 6.30 Å². The van der Waals surface area contributed by atoms with Crippen LogP contribution < -0.4 is 4.18 Å². The van der Waals surface area contributed by atoms with Crippen molar-refractivity contribution in [3.05, 3.63) is 42.6 Å². The summed E-state index contributed by atoms with van der Waals surface area (Å²) in [5.41, 5.74) is 0. The molecule has 0 saturated carbocycles. The standard InChI is InChI=1S/C10H7F3N2O2S/c11-10(12,13)15-9(6-7-14-15)17-18(16)8-4-2-1-3-5-8/h1-7H. The zero-order valence-electron chi connectivity index (χ0n) is 8.79. The minimum Gasteiger partial charge on any atom is -0.376 e. The van der Waals surface area contributed by atoms with Crippen LogP contribution in [0.4, 0.5) is 13.2 Å². The molecule has 0 aliphatic heterocycles. The Bertz CT molecular complexity index is 554. The van der Waals surface area contributed by atoms with Crippen LogP contribution in [-0.2, 0) is 17.4 Å². The number of benzene rings is 1. The van der Waals surface area contributed by atoms with Crippen molar-refractivity contribution in [2.45, 2.75) is 11.2 Å². The van der Waals surface area contributed by atoms with Gasteiger partial charge in [0.05, 0.1) is 11.1 Å². The summed E-state index contributed by atoms with van der Waals surface area (Å²) in [7, 11) is 0. The van der Waals surface area contributed by atoms with E-state index < -0.39 is 23.3 Å². The molecule has 8 heteroatoms. The maximum atomic E-state index is 12.5. The van der Waals surface area contributed by atoms with E-state index in [4.69, 9.17) is 4.18 Å². The normalized spacial score (nSPS) is 13.3. The quantitative estimate of drug-likeness (QED) is 0.865. The number of halogens is 3. The summed E-state index contributed by atoms with van der Waals surface area (Å²) in [4.78, 5) is 0.271. The van der Waals surface area contributed by atoms with Crippen molar-refractivity contribution in [1.82, 2.24) is 9.78 Å². The Hall–Kier alpha value is -1.83. The first-order valence-corrected chi connectivity index (χ1v) is 5.82. The lowest BCUT2D eigenvalue weighted by molar-refractivity contribution is -0.213. The smallest absolute Gasteiger partial charge is 0.376 e. The minimum absolute atomic E-state index is 0.271. The van der Waals surface area contributed by atoms with E-state index in [9.17, 15) is 17.4 Å². The van der Waals surface area contributed by atoms with Gasteiger partial charge in [-0.25, -0.2) is 4.21 Å². The lowest BCUT2D eigenvalue weighted by atomic mass is 10.4. The Labute approximate surface area is 103 Å². The molecular weight excluding hydrogens is 269 g/mol. The van der Waals surface area contributed by atoms with E-state index >= 15 is 0 Å². The summed E-state index contributed by atoms with van der Waals surface area (Å²) >= 11 is -2.02. The van der Waals surface area contributed by atoms with E-state index in [0.29, 0.717) is 0 Å². The third-order valence-electron chi connectivity index (χ3n) is 1.94. The second-order valence-corrected chi connectivity index (χ2v) is 4.29. The van der Waals surface area contributed by atoms with Gasteiger partial charge in [-0.3, -0.25) is 0 Å². The van der Waals surface area contributed by atoms with E-state index in [1.165, 1.54) is 12.1 Å². The molecule has 1 aromatic heterocycles. The number of hydrogen-bond donors (Lipinski definition) is 0. The van der Waals surface area contributed by atoms with Crippen LogP contribution in [-0.4, -0.2) is 14.0 Å². The summed E-state index contributed by atoms with van der Waals surface area (Å²) in [6.45, 7) is 0. The van der Waals surface area contributed by atoms with Crippen molar-refractivity contribution >= 4 is 11.1 Å². The maximum absolute atomic E-state index is 12.5. The highest BCUT2D eigenvalue weighted by molar-refractivity contribution is 7.80. The first-order valence-electron chi connectivity index (χ1n) is 4.75. The van der Waals surface area contributed by atoms with Gasteiger partial charge < -0.3 is 4.18 Å². The predicted molar refractivity (Wildman–Crippen MR) is 57.0 cm³/mol. The lowest BCUT2D eigenvalue weighted by Crippen LogP contribution is -2.20. The summed E-state index contributed by atoms with van der Waals surface area (Å²) in [6.07, 6.45) is -3.79. The molecule has 0 radical (unpaired) electrons. The maximum Gasteiger partial charge on any atom is 0.507 e. The first-order chi connectivity index (χ1) is 8.48. The highest BCUT2D eigenvalue weighted by Gasteiger charge is 2.35. The van der Waals surface area contributed by atoms with Crippen LogP contribution in [0.25, 0.3) is 0 Å². The minimum atomic E-state index is -4.71. The van der Waals surface area contributed by atoms with Crippen molar-refractivity contribution in [3.8, 4) is 5.88 Å². The number of rotatable bonds is 3. The molecule has 0 spiro atoms. The van der Waals surface area contributed by atoms with Gasteiger partial charge in [0.2, 0.25) is 17.0 Å². The van der Waals surface area contributed by atoms with E-state index in [1.54, 1.807) is 18.2 Å². The monoisotopic (exact) mass is 276 g/mol. The van der Waals surface area contributed by atoms with Gasteiger partial charge in [0.15, 0.2) is 0 Å². The third-order valence-corrected chi connectivity index (χ3v) is 2.92. The first kappa shape index (κ1) is 12.6. The van der Waals surface area contributed by atoms with E-state index in [-0.39, 0.29) is 9.58 Å². The Morgan fingerprint density at radius 2 is 1.83 bits per heavy atom. The molecule has 1 aromatic carbocycles. The van der Waals surface area contributed by atoms with Gasteiger partial charge in [-0.15, -0.1) is 17.9 Å². The number of hydrogen-bond acceptors (Lipinski definition) is 3. The summed E-state index contributed by atoms with van der Waals surface area (Å²) in [6, 6.07) is 8.89. The SMILES string of the molecule is O=S(Oc1ccnn1C(F)(F)F)c1ccccc1. The van der Waals surface area contributed by atoms with E-state index in [1.807, 2.05) is 0 Å². The van der Waals surface area contributed by atoms with Crippen LogP contribution in [0.15, 0.2) is 47.5 Å². The van der Waals surface area contributed by atoms with Crippen LogP contribution in [0.1, 0.15) is 0 Å². The van der Waals surface area contributed by atoms with Gasteiger partial charge in [-0.05, 0) is 12.1 Å². The highest BCUT2D eigenvalue weighted by Crippen LogP contribution is 2.27. The fraction of sp³-hybridized carbons (Fsp3) is 0.100. The molecule has 0 aliphatic carbocycles. The highest BCUT2D eigenvalue weighted by atomic mass is 32.2. The van der Waals surface area contributed by atoms with Crippen molar-refractivity contribution in [2.75, 3.05) is 0 Å². The molecule has 2 aromatic rings. The molecule has 0 amide bonds. The molecule has 0 N–H and O–H groups in total. The van der Waals surface area contributed by atoms with Gasteiger partial charge in [-0.1, -0.05) is 18.2 Å². The second-order valence-electron chi connectivity index (χ2n) is 3.18. The molecule has 1 unspecified atom stereocenters. The fourth-order valence-corrected chi connectivity index (χ4v) is 1.96. The Balaban J connectivity index is 2.21. The molecule has 0 fully saturated rings. The zero-order chi connectivity index (χ0) is 13.2. The molecule has 18 heavy (non-hydrogen) atoms. The van der Waals surface area contributed by atoms with Crippen molar-refractivity contribution in [2.24, 2.45) is 0 Å². The largest absolute Gasteiger partial charge is 0.507 e. The topological polar surface area (TPSA) is 44.1 Å². The molecule has 0 bridgehead atoms. The predicted octanol–water partition coefficient (Wildman–Crippen LogP) is 2.46. The molecule has 2 rings (SSSR count). The molecular formula is C10H7F3N2O2S. The second kappa shape index (κ2) is 4.81. The van der Waals surface area contributed by atoms with Crippen LogP contribution in [0.3, 0.4) is 0 Å². The zero-order valence-corrected chi connectivity index (χ0v) is 9.61. The van der Waals surface area contributed by atoms with Crippen molar-refractivity contribution < 1.29 is 21.6 Å².